The second-order valence-corrected chi connectivity index (χ2v) is 7.43. The third kappa shape index (κ3) is 4.49. The van der Waals surface area contributed by atoms with Crippen molar-refractivity contribution in [1.29, 1.82) is 0 Å². The monoisotopic (exact) mass is 386 g/mol. The number of aromatic nitrogens is 3. The van der Waals surface area contributed by atoms with Gasteiger partial charge in [-0.25, -0.2) is 9.50 Å². The maximum atomic E-state index is 12.7. The maximum Gasteiger partial charge on any atom is 0.234 e. The van der Waals surface area contributed by atoms with Crippen LogP contribution >= 0.6 is 0 Å². The smallest absolute Gasteiger partial charge is 0.234 e. The molecule has 2 aromatic rings. The molecule has 152 valence electrons. The Hall–Kier alpha value is -2.48. The quantitative estimate of drug-likeness (QED) is 0.796. The summed E-state index contributed by atoms with van der Waals surface area (Å²) in [5.74, 6) is 0.207. The van der Waals surface area contributed by atoms with Crippen molar-refractivity contribution < 1.29 is 9.59 Å². The lowest BCUT2D eigenvalue weighted by Crippen LogP contribution is -2.51. The topological polar surface area (TPSA) is 82.8 Å². The van der Waals surface area contributed by atoms with Gasteiger partial charge in [-0.3, -0.25) is 14.5 Å². The van der Waals surface area contributed by atoms with Crippen molar-refractivity contribution in [3.05, 3.63) is 28.7 Å². The minimum atomic E-state index is 0.0463. The molecule has 0 aromatic carbocycles. The van der Waals surface area contributed by atoms with Crippen LogP contribution in [0.2, 0.25) is 0 Å². The molecule has 1 N–H and O–H groups in total. The molecular weight excluding hydrogens is 356 g/mol. The number of hydrogen-bond donors (Lipinski definition) is 1. The van der Waals surface area contributed by atoms with E-state index >= 15 is 0 Å². The van der Waals surface area contributed by atoms with Gasteiger partial charge in [0.15, 0.2) is 5.65 Å². The molecule has 2 aromatic heterocycles. The molecule has 0 atom stereocenters. The fourth-order valence-corrected chi connectivity index (χ4v) is 3.80. The zero-order valence-corrected chi connectivity index (χ0v) is 17.3. The molecule has 8 nitrogen and oxygen atoms in total. The van der Waals surface area contributed by atoms with Crippen molar-refractivity contribution in [2.45, 2.75) is 40.5 Å². The average molecular weight is 387 g/mol. The minimum absolute atomic E-state index is 0.0463. The Labute approximate surface area is 165 Å². The molecule has 3 rings (SSSR count). The lowest BCUT2D eigenvalue weighted by atomic mass is 10.1. The van der Waals surface area contributed by atoms with Crippen molar-refractivity contribution in [1.82, 2.24) is 29.7 Å². The minimum Gasteiger partial charge on any atom is -0.355 e. The first kappa shape index (κ1) is 20.3. The van der Waals surface area contributed by atoms with Gasteiger partial charge in [0.1, 0.15) is 0 Å². The van der Waals surface area contributed by atoms with Crippen molar-refractivity contribution in [2.75, 3.05) is 39.3 Å². The Morgan fingerprint density at radius 1 is 1.14 bits per heavy atom. The molecule has 28 heavy (non-hydrogen) atoms. The molecule has 0 bridgehead atoms. The van der Waals surface area contributed by atoms with E-state index in [1.807, 2.05) is 43.2 Å². The third-order valence-electron chi connectivity index (χ3n) is 5.34. The lowest BCUT2D eigenvalue weighted by Gasteiger charge is -2.34. The van der Waals surface area contributed by atoms with Gasteiger partial charge in [0.2, 0.25) is 11.8 Å². The summed E-state index contributed by atoms with van der Waals surface area (Å²) in [5.41, 5.74) is 4.90. The van der Waals surface area contributed by atoms with Crippen LogP contribution in [0.15, 0.2) is 6.07 Å². The second-order valence-electron chi connectivity index (χ2n) is 7.43. The van der Waals surface area contributed by atoms with Crippen LogP contribution in [0.25, 0.3) is 5.65 Å². The van der Waals surface area contributed by atoms with Gasteiger partial charge in [-0.05, 0) is 39.7 Å². The highest BCUT2D eigenvalue weighted by atomic mass is 16.2. The molecule has 0 spiro atoms. The number of amides is 2. The zero-order valence-electron chi connectivity index (χ0n) is 17.3. The summed E-state index contributed by atoms with van der Waals surface area (Å²) in [6, 6.07) is 1.97. The average Bonchev–Trinajstić information content (AvgIpc) is 3.02. The van der Waals surface area contributed by atoms with E-state index in [0.29, 0.717) is 39.0 Å². The molecule has 0 saturated carbocycles. The fraction of sp³-hybridized carbons (Fsp3) is 0.600. The summed E-state index contributed by atoms with van der Waals surface area (Å²) in [4.78, 5) is 33.0. The lowest BCUT2D eigenvalue weighted by molar-refractivity contribution is -0.133. The molecule has 2 amide bonds. The number of likely N-dealkylation sites (N-methyl/N-ethyl adjacent to an activating group) is 1. The fourth-order valence-electron chi connectivity index (χ4n) is 3.80. The predicted molar refractivity (Wildman–Crippen MR) is 107 cm³/mol. The van der Waals surface area contributed by atoms with E-state index in [-0.39, 0.29) is 11.8 Å². The van der Waals surface area contributed by atoms with Crippen molar-refractivity contribution >= 4 is 17.5 Å². The van der Waals surface area contributed by atoms with Gasteiger partial charge < -0.3 is 10.2 Å². The molecule has 0 unspecified atom stereocenters. The molecule has 1 saturated heterocycles. The number of carbonyl (C=O) groups excluding carboxylic acids is 2. The van der Waals surface area contributed by atoms with E-state index in [1.165, 1.54) is 0 Å². The molecule has 1 aliphatic rings. The number of nitrogens with zero attached hydrogens (tertiary/aromatic N) is 5. The van der Waals surface area contributed by atoms with Crippen molar-refractivity contribution in [3.8, 4) is 0 Å². The van der Waals surface area contributed by atoms with Crippen LogP contribution < -0.4 is 5.32 Å². The van der Waals surface area contributed by atoms with E-state index in [4.69, 9.17) is 0 Å². The molecule has 3 heterocycles. The van der Waals surface area contributed by atoms with Crippen molar-refractivity contribution in [3.63, 3.8) is 0 Å². The highest BCUT2D eigenvalue weighted by Crippen LogP contribution is 2.17. The van der Waals surface area contributed by atoms with E-state index in [1.54, 1.807) is 0 Å². The van der Waals surface area contributed by atoms with E-state index < -0.39 is 0 Å². The van der Waals surface area contributed by atoms with E-state index in [0.717, 1.165) is 41.4 Å². The number of carbonyl (C=O) groups is 2. The summed E-state index contributed by atoms with van der Waals surface area (Å²) in [6.07, 6.45) is 1.13. The second kappa shape index (κ2) is 8.68. The Balaban J connectivity index is 1.55. The number of piperazine rings is 1. The van der Waals surface area contributed by atoms with Gasteiger partial charge in [0, 0.05) is 56.6 Å². The Morgan fingerprint density at radius 3 is 2.54 bits per heavy atom. The summed E-state index contributed by atoms with van der Waals surface area (Å²) in [5, 5.41) is 7.31. The summed E-state index contributed by atoms with van der Waals surface area (Å²) in [7, 11) is 0. The number of nitrogens with one attached hydrogen (secondary N) is 1. The van der Waals surface area contributed by atoms with E-state index in [2.05, 4.69) is 20.3 Å². The van der Waals surface area contributed by atoms with Gasteiger partial charge in [-0.1, -0.05) is 0 Å². The predicted octanol–water partition coefficient (Wildman–Crippen LogP) is 0.867. The number of aryl methyl sites for hydroxylation is 3. The zero-order chi connectivity index (χ0) is 20.3. The Morgan fingerprint density at radius 2 is 1.86 bits per heavy atom. The van der Waals surface area contributed by atoms with Crippen LogP contribution in [0.3, 0.4) is 0 Å². The molecule has 0 radical (unpaired) electrons. The third-order valence-corrected chi connectivity index (χ3v) is 5.34. The van der Waals surface area contributed by atoms with E-state index in [9.17, 15) is 9.59 Å². The van der Waals surface area contributed by atoms with Gasteiger partial charge in [-0.2, -0.15) is 5.10 Å². The first-order valence-electron chi connectivity index (χ1n) is 9.98. The van der Waals surface area contributed by atoms with Crippen molar-refractivity contribution in [2.24, 2.45) is 0 Å². The van der Waals surface area contributed by atoms with Crippen LogP contribution in [0, 0.1) is 20.8 Å². The summed E-state index contributed by atoms with van der Waals surface area (Å²) in [6.45, 7) is 11.8. The molecule has 8 heteroatoms. The van der Waals surface area contributed by atoms with Crippen LogP contribution in [-0.2, 0) is 16.0 Å². The number of hydrogen-bond acceptors (Lipinski definition) is 5. The Bertz CT molecular complexity index is 867. The Kier molecular flexibility index (Phi) is 6.28. The van der Waals surface area contributed by atoms with Crippen LogP contribution in [0.4, 0.5) is 0 Å². The van der Waals surface area contributed by atoms with Gasteiger partial charge in [-0.15, -0.1) is 0 Å². The van der Waals surface area contributed by atoms with Gasteiger partial charge in [0.25, 0.3) is 0 Å². The standard InChI is InChI=1S/C20H30N6O2/c1-5-21-19(27)13-24-8-10-25(11-9-24)20(28)7-6-17-15(3)22-18-12-14(2)23-26(18)16(17)4/h12H,5-11,13H2,1-4H3,(H,21,27). The van der Waals surface area contributed by atoms with Crippen LogP contribution in [0.1, 0.15) is 36.0 Å². The molecular formula is C20H30N6O2. The summed E-state index contributed by atoms with van der Waals surface area (Å²) >= 11 is 0. The molecule has 1 fully saturated rings. The first-order chi connectivity index (χ1) is 13.4. The molecule has 1 aliphatic heterocycles. The summed E-state index contributed by atoms with van der Waals surface area (Å²) < 4.78 is 1.86. The molecule has 0 aliphatic carbocycles. The van der Waals surface area contributed by atoms with Gasteiger partial charge >= 0.3 is 0 Å². The number of fused-ring (bicyclic) bond motifs is 1. The van der Waals surface area contributed by atoms with Crippen LogP contribution in [0.5, 0.6) is 0 Å². The van der Waals surface area contributed by atoms with Gasteiger partial charge in [0.05, 0.1) is 12.2 Å². The maximum absolute atomic E-state index is 12.7. The number of rotatable bonds is 6. The van der Waals surface area contributed by atoms with Crippen LogP contribution in [-0.4, -0.2) is 75.5 Å². The normalized spacial score (nSPS) is 15.2. The SMILES string of the molecule is CCNC(=O)CN1CCN(C(=O)CCc2c(C)nc3cc(C)nn3c2C)CC1. The highest BCUT2D eigenvalue weighted by Gasteiger charge is 2.22. The largest absolute Gasteiger partial charge is 0.355 e. The first-order valence-corrected chi connectivity index (χ1v) is 9.98. The highest BCUT2D eigenvalue weighted by molar-refractivity contribution is 5.78.